The Morgan fingerprint density at radius 1 is 0.880 bits per heavy atom. The fraction of sp³-hybridized carbons (Fsp3) is 0. The van der Waals surface area contributed by atoms with Crippen molar-refractivity contribution >= 4 is 17.3 Å². The lowest BCUT2D eigenvalue weighted by atomic mass is 10.1. The van der Waals surface area contributed by atoms with Crippen LogP contribution < -0.4 is 11.1 Å². The Kier molecular flexibility index (Phi) is 2.81. The minimum absolute atomic E-state index is 0.466. The lowest BCUT2D eigenvalue weighted by Crippen LogP contribution is -2.02. The van der Waals surface area contributed by atoms with Gasteiger partial charge in [0.25, 0.3) is 0 Å². The number of nitrogen functional groups attached to an aromatic ring is 1. The van der Waals surface area contributed by atoms with Crippen molar-refractivity contribution in [1.29, 1.82) is 0 Å². The number of rotatable bonds is 1. The topological polar surface area (TPSA) is 94.5 Å². The van der Waals surface area contributed by atoms with Gasteiger partial charge in [-0.3, -0.25) is 4.57 Å². The first kappa shape index (κ1) is 13.7. The largest absolute Gasteiger partial charge is 0.384 e. The van der Waals surface area contributed by atoms with E-state index in [1.54, 1.807) is 18.5 Å². The van der Waals surface area contributed by atoms with Gasteiger partial charge in [0.05, 0.1) is 11.4 Å². The SMILES string of the molecule is Nc1ccc(-c2nnc3n2-c2cccnc2Nc2ccccc2-3)cn1. The minimum atomic E-state index is 0.466. The Bertz CT molecular complexity index is 1080. The molecule has 25 heavy (non-hydrogen) atoms. The Morgan fingerprint density at radius 3 is 2.64 bits per heavy atom. The monoisotopic (exact) mass is 327 g/mol. The van der Waals surface area contributed by atoms with Gasteiger partial charge in [-0.05, 0) is 36.4 Å². The van der Waals surface area contributed by atoms with Gasteiger partial charge < -0.3 is 11.1 Å². The highest BCUT2D eigenvalue weighted by atomic mass is 15.3. The van der Waals surface area contributed by atoms with E-state index < -0.39 is 0 Å². The predicted octanol–water partition coefficient (Wildman–Crippen LogP) is 3.03. The number of pyridine rings is 2. The van der Waals surface area contributed by atoms with Crippen LogP contribution in [0.25, 0.3) is 28.5 Å². The molecule has 0 amide bonds. The smallest absolute Gasteiger partial charge is 0.171 e. The maximum Gasteiger partial charge on any atom is 0.171 e. The average molecular weight is 327 g/mol. The number of nitrogens with two attached hydrogens (primary N) is 1. The van der Waals surface area contributed by atoms with Gasteiger partial charge in [0.1, 0.15) is 5.82 Å². The molecule has 7 heteroatoms. The summed E-state index contributed by atoms with van der Waals surface area (Å²) in [5.74, 6) is 2.66. The zero-order chi connectivity index (χ0) is 16.8. The van der Waals surface area contributed by atoms with Crippen LogP contribution in [0.2, 0.25) is 0 Å². The number of hydrogen-bond acceptors (Lipinski definition) is 6. The Balaban J connectivity index is 1.85. The van der Waals surface area contributed by atoms with Gasteiger partial charge >= 0.3 is 0 Å². The van der Waals surface area contributed by atoms with Crippen LogP contribution in [-0.2, 0) is 0 Å². The normalized spacial score (nSPS) is 11.7. The van der Waals surface area contributed by atoms with E-state index >= 15 is 0 Å². The summed E-state index contributed by atoms with van der Waals surface area (Å²) in [6, 6.07) is 15.5. The zero-order valence-electron chi connectivity index (χ0n) is 13.1. The molecule has 1 aromatic carbocycles. The highest BCUT2D eigenvalue weighted by molar-refractivity contribution is 5.84. The summed E-state index contributed by atoms with van der Waals surface area (Å²) in [6.07, 6.45) is 3.46. The summed E-state index contributed by atoms with van der Waals surface area (Å²) in [7, 11) is 0. The fourth-order valence-corrected chi connectivity index (χ4v) is 3.00. The molecule has 0 atom stereocenters. The molecule has 3 N–H and O–H groups in total. The zero-order valence-corrected chi connectivity index (χ0v) is 13.1. The molecule has 0 saturated heterocycles. The van der Waals surface area contributed by atoms with Crippen LogP contribution in [0.4, 0.5) is 17.3 Å². The first-order valence-electron chi connectivity index (χ1n) is 7.80. The van der Waals surface area contributed by atoms with Crippen LogP contribution in [0.1, 0.15) is 0 Å². The number of hydrogen-bond donors (Lipinski definition) is 2. The molecule has 4 heterocycles. The molecule has 5 rings (SSSR count). The maximum absolute atomic E-state index is 5.71. The molecule has 0 fully saturated rings. The van der Waals surface area contributed by atoms with E-state index in [1.165, 1.54) is 0 Å². The summed E-state index contributed by atoms with van der Waals surface area (Å²) in [5, 5.41) is 12.2. The first-order valence-corrected chi connectivity index (χ1v) is 7.80. The summed E-state index contributed by atoms with van der Waals surface area (Å²) in [4.78, 5) is 8.66. The van der Waals surface area contributed by atoms with Crippen molar-refractivity contribution in [2.75, 3.05) is 11.1 Å². The second-order valence-corrected chi connectivity index (χ2v) is 5.70. The Morgan fingerprint density at radius 2 is 1.76 bits per heavy atom. The van der Waals surface area contributed by atoms with Gasteiger partial charge in [-0.1, -0.05) is 12.1 Å². The molecule has 0 spiro atoms. The van der Waals surface area contributed by atoms with Gasteiger partial charge in [-0.15, -0.1) is 10.2 Å². The van der Waals surface area contributed by atoms with Gasteiger partial charge in [-0.2, -0.15) is 0 Å². The third-order valence-corrected chi connectivity index (χ3v) is 4.16. The van der Waals surface area contributed by atoms with E-state index in [9.17, 15) is 0 Å². The average Bonchev–Trinajstić information content (AvgIpc) is 3.02. The molecule has 3 aromatic heterocycles. The Hall–Kier alpha value is -3.74. The van der Waals surface area contributed by atoms with Crippen LogP contribution in [0.3, 0.4) is 0 Å². The van der Waals surface area contributed by atoms with E-state index in [-0.39, 0.29) is 0 Å². The summed E-state index contributed by atoms with van der Waals surface area (Å²) in [6.45, 7) is 0. The second kappa shape index (κ2) is 5.13. The van der Waals surface area contributed by atoms with Crippen molar-refractivity contribution in [2.24, 2.45) is 0 Å². The summed E-state index contributed by atoms with van der Waals surface area (Å²) in [5.41, 5.74) is 9.33. The number of nitrogens with zero attached hydrogens (tertiary/aromatic N) is 5. The highest BCUT2D eigenvalue weighted by Crippen LogP contribution is 2.38. The molecule has 0 unspecified atom stereocenters. The molecule has 0 bridgehead atoms. The van der Waals surface area contributed by atoms with Crippen molar-refractivity contribution in [3.05, 3.63) is 60.9 Å². The fourth-order valence-electron chi connectivity index (χ4n) is 3.00. The number of para-hydroxylation sites is 1. The minimum Gasteiger partial charge on any atom is -0.384 e. The standard InChI is InChI=1S/C18H13N7/c19-15-8-7-11(10-21-15)17-23-24-18-12-4-1-2-5-13(12)22-16-14(25(17)18)6-3-9-20-16/h1-10H,(H2,19,21)(H,20,22). The molecular formula is C18H13N7. The van der Waals surface area contributed by atoms with E-state index in [4.69, 9.17) is 5.73 Å². The molecular weight excluding hydrogens is 314 g/mol. The van der Waals surface area contributed by atoms with Crippen molar-refractivity contribution in [2.45, 2.75) is 0 Å². The first-order chi connectivity index (χ1) is 12.3. The number of anilines is 3. The van der Waals surface area contributed by atoms with Gasteiger partial charge in [-0.25, -0.2) is 9.97 Å². The van der Waals surface area contributed by atoms with Crippen molar-refractivity contribution in [3.8, 4) is 28.5 Å². The predicted molar refractivity (Wildman–Crippen MR) is 95.5 cm³/mol. The lowest BCUT2D eigenvalue weighted by molar-refractivity contribution is 1.06. The van der Waals surface area contributed by atoms with Crippen LogP contribution in [0.15, 0.2) is 60.9 Å². The molecule has 7 nitrogen and oxygen atoms in total. The molecule has 1 aliphatic rings. The number of fused-ring (bicyclic) bond motifs is 5. The van der Waals surface area contributed by atoms with Gasteiger partial charge in [0.15, 0.2) is 17.5 Å². The van der Waals surface area contributed by atoms with Gasteiger partial charge in [0, 0.05) is 23.5 Å². The molecule has 0 saturated carbocycles. The van der Waals surface area contributed by atoms with Crippen LogP contribution >= 0.6 is 0 Å². The molecule has 120 valence electrons. The van der Waals surface area contributed by atoms with E-state index in [2.05, 4.69) is 25.5 Å². The van der Waals surface area contributed by atoms with Crippen LogP contribution in [0, 0.1) is 0 Å². The van der Waals surface area contributed by atoms with Crippen molar-refractivity contribution in [3.63, 3.8) is 0 Å². The number of nitrogens with one attached hydrogen (secondary N) is 1. The van der Waals surface area contributed by atoms with E-state index in [0.717, 1.165) is 34.1 Å². The van der Waals surface area contributed by atoms with E-state index in [1.807, 2.05) is 47.0 Å². The maximum atomic E-state index is 5.71. The Labute approximate surface area is 143 Å². The third kappa shape index (κ3) is 2.06. The summed E-state index contributed by atoms with van der Waals surface area (Å²) < 4.78 is 1.99. The van der Waals surface area contributed by atoms with Crippen LogP contribution in [0.5, 0.6) is 0 Å². The molecule has 0 aliphatic carbocycles. The molecule has 4 aromatic rings. The lowest BCUT2D eigenvalue weighted by Gasteiger charge is -2.10. The van der Waals surface area contributed by atoms with Crippen molar-refractivity contribution < 1.29 is 0 Å². The third-order valence-electron chi connectivity index (χ3n) is 4.16. The van der Waals surface area contributed by atoms with Crippen LogP contribution in [-0.4, -0.2) is 24.7 Å². The van der Waals surface area contributed by atoms with Crippen molar-refractivity contribution in [1.82, 2.24) is 24.7 Å². The summed E-state index contributed by atoms with van der Waals surface area (Å²) >= 11 is 0. The molecule has 1 aliphatic heterocycles. The van der Waals surface area contributed by atoms with Gasteiger partial charge in [0.2, 0.25) is 0 Å². The number of aromatic nitrogens is 5. The quantitative estimate of drug-likeness (QED) is 0.491. The molecule has 0 radical (unpaired) electrons. The second-order valence-electron chi connectivity index (χ2n) is 5.70. The van der Waals surface area contributed by atoms with E-state index in [0.29, 0.717) is 11.6 Å². The number of benzene rings is 1. The highest BCUT2D eigenvalue weighted by Gasteiger charge is 2.24.